The fraction of sp³-hybridized carbons (Fsp3) is 0.625. The first-order valence-electron chi connectivity index (χ1n) is 4.34. The van der Waals surface area contributed by atoms with E-state index >= 15 is 0 Å². The maximum absolute atomic E-state index is 12.4. The molecule has 1 aromatic heterocycles. The Labute approximate surface area is 78.9 Å². The van der Waals surface area contributed by atoms with E-state index in [1.54, 1.807) is 4.57 Å². The van der Waals surface area contributed by atoms with Crippen LogP contribution < -0.4 is 5.32 Å². The Balaban J connectivity index is 2.49. The molecule has 1 aliphatic heterocycles. The van der Waals surface area contributed by atoms with Gasteiger partial charge in [0.25, 0.3) is 0 Å². The molecule has 14 heavy (non-hydrogen) atoms. The second kappa shape index (κ2) is 2.98. The van der Waals surface area contributed by atoms with Crippen molar-refractivity contribution in [2.24, 2.45) is 0 Å². The number of alkyl halides is 3. The van der Waals surface area contributed by atoms with Gasteiger partial charge in [-0.15, -0.1) is 0 Å². The number of aromatic nitrogens is 2. The average molecular weight is 205 g/mol. The smallest absolute Gasteiger partial charge is 0.329 e. The Kier molecular flexibility index (Phi) is 2.02. The van der Waals surface area contributed by atoms with Gasteiger partial charge in [-0.25, -0.2) is 4.98 Å². The van der Waals surface area contributed by atoms with Gasteiger partial charge in [0.1, 0.15) is 5.82 Å². The SMILES string of the molecule is Cc1c(C(F)(F)F)nc2n1CCNC2. The van der Waals surface area contributed by atoms with E-state index in [0.29, 0.717) is 25.5 Å². The van der Waals surface area contributed by atoms with Gasteiger partial charge in [0.15, 0.2) is 5.69 Å². The minimum Gasteiger partial charge on any atom is -0.329 e. The molecule has 0 amide bonds. The van der Waals surface area contributed by atoms with Crippen molar-refractivity contribution < 1.29 is 13.2 Å². The minimum absolute atomic E-state index is 0.217. The van der Waals surface area contributed by atoms with Crippen LogP contribution in [0.25, 0.3) is 0 Å². The molecule has 2 heterocycles. The van der Waals surface area contributed by atoms with Gasteiger partial charge in [0.2, 0.25) is 0 Å². The summed E-state index contributed by atoms with van der Waals surface area (Å²) in [4.78, 5) is 3.60. The van der Waals surface area contributed by atoms with E-state index < -0.39 is 11.9 Å². The second-order valence-corrected chi connectivity index (χ2v) is 3.29. The molecule has 78 valence electrons. The first-order chi connectivity index (χ1) is 6.50. The van der Waals surface area contributed by atoms with E-state index in [0.717, 1.165) is 0 Å². The molecule has 0 radical (unpaired) electrons. The summed E-state index contributed by atoms with van der Waals surface area (Å²) in [5.74, 6) is 0.473. The number of hydrogen-bond acceptors (Lipinski definition) is 2. The third-order valence-corrected chi connectivity index (χ3v) is 2.36. The van der Waals surface area contributed by atoms with Crippen LogP contribution in [0.3, 0.4) is 0 Å². The summed E-state index contributed by atoms with van der Waals surface area (Å²) in [5.41, 5.74) is -0.537. The summed E-state index contributed by atoms with van der Waals surface area (Å²) in [6.07, 6.45) is -4.34. The van der Waals surface area contributed by atoms with Gasteiger partial charge in [-0.05, 0) is 6.92 Å². The van der Waals surface area contributed by atoms with E-state index in [2.05, 4.69) is 10.3 Å². The molecule has 6 heteroatoms. The minimum atomic E-state index is -4.34. The lowest BCUT2D eigenvalue weighted by molar-refractivity contribution is -0.141. The Morgan fingerprint density at radius 3 is 2.71 bits per heavy atom. The van der Waals surface area contributed by atoms with Gasteiger partial charge in [-0.2, -0.15) is 13.2 Å². The summed E-state index contributed by atoms with van der Waals surface area (Å²) in [7, 11) is 0. The highest BCUT2D eigenvalue weighted by Gasteiger charge is 2.37. The Bertz CT molecular complexity index is 353. The van der Waals surface area contributed by atoms with Crippen molar-refractivity contribution in [1.82, 2.24) is 14.9 Å². The normalized spacial score (nSPS) is 16.9. The van der Waals surface area contributed by atoms with E-state index in [-0.39, 0.29) is 5.69 Å². The molecule has 0 unspecified atom stereocenters. The molecule has 0 aromatic carbocycles. The van der Waals surface area contributed by atoms with Gasteiger partial charge >= 0.3 is 6.18 Å². The molecule has 1 N–H and O–H groups in total. The van der Waals surface area contributed by atoms with Crippen LogP contribution in [0.15, 0.2) is 0 Å². The van der Waals surface area contributed by atoms with Crippen molar-refractivity contribution in [3.8, 4) is 0 Å². The molecular weight excluding hydrogens is 195 g/mol. The van der Waals surface area contributed by atoms with E-state index in [9.17, 15) is 13.2 Å². The summed E-state index contributed by atoms with van der Waals surface area (Å²) >= 11 is 0. The van der Waals surface area contributed by atoms with Gasteiger partial charge in [-0.1, -0.05) is 0 Å². The molecule has 0 saturated carbocycles. The zero-order valence-electron chi connectivity index (χ0n) is 7.65. The van der Waals surface area contributed by atoms with Crippen molar-refractivity contribution >= 4 is 0 Å². The number of nitrogens with one attached hydrogen (secondary N) is 1. The largest absolute Gasteiger partial charge is 0.435 e. The summed E-state index contributed by atoms with van der Waals surface area (Å²) in [6.45, 7) is 3.13. The highest BCUT2D eigenvalue weighted by Crippen LogP contribution is 2.31. The van der Waals surface area contributed by atoms with Crippen molar-refractivity contribution in [1.29, 1.82) is 0 Å². The van der Waals surface area contributed by atoms with Crippen LogP contribution in [0.4, 0.5) is 13.2 Å². The number of hydrogen-bond donors (Lipinski definition) is 1. The number of halogens is 3. The quantitative estimate of drug-likeness (QED) is 0.692. The molecule has 1 aliphatic rings. The summed E-state index contributed by atoms with van der Waals surface area (Å²) < 4.78 is 38.9. The monoisotopic (exact) mass is 205 g/mol. The molecule has 0 spiro atoms. The molecular formula is C8H10F3N3. The lowest BCUT2D eigenvalue weighted by Gasteiger charge is -2.16. The van der Waals surface area contributed by atoms with Crippen LogP contribution in [-0.4, -0.2) is 16.1 Å². The van der Waals surface area contributed by atoms with E-state index in [1.807, 2.05) is 0 Å². The third-order valence-electron chi connectivity index (χ3n) is 2.36. The topological polar surface area (TPSA) is 29.9 Å². The number of rotatable bonds is 0. The lowest BCUT2D eigenvalue weighted by atomic mass is 10.3. The van der Waals surface area contributed by atoms with Crippen LogP contribution >= 0.6 is 0 Å². The first kappa shape index (κ1) is 9.51. The molecule has 0 saturated heterocycles. The van der Waals surface area contributed by atoms with E-state index in [1.165, 1.54) is 6.92 Å². The molecule has 0 atom stereocenters. The molecule has 0 aliphatic carbocycles. The Hall–Kier alpha value is -1.04. The summed E-state index contributed by atoms with van der Waals surface area (Å²) in [5, 5.41) is 2.98. The third kappa shape index (κ3) is 1.39. The van der Waals surface area contributed by atoms with Crippen LogP contribution in [0.2, 0.25) is 0 Å². The summed E-state index contributed by atoms with van der Waals surface area (Å²) in [6, 6.07) is 0. The predicted octanol–water partition coefficient (Wildman–Crippen LogP) is 1.31. The zero-order valence-corrected chi connectivity index (χ0v) is 7.65. The van der Waals surface area contributed by atoms with Crippen molar-refractivity contribution in [2.45, 2.75) is 26.2 Å². The van der Waals surface area contributed by atoms with Gasteiger partial charge in [0, 0.05) is 18.8 Å². The molecule has 0 fully saturated rings. The van der Waals surface area contributed by atoms with E-state index in [4.69, 9.17) is 0 Å². The van der Waals surface area contributed by atoms with Crippen LogP contribution in [0.1, 0.15) is 17.2 Å². The zero-order chi connectivity index (χ0) is 10.3. The highest BCUT2D eigenvalue weighted by molar-refractivity contribution is 5.19. The number of imidazole rings is 1. The molecule has 1 aromatic rings. The molecule has 3 nitrogen and oxygen atoms in total. The maximum atomic E-state index is 12.4. The van der Waals surface area contributed by atoms with Gasteiger partial charge in [-0.3, -0.25) is 0 Å². The standard InChI is InChI=1S/C8H10F3N3/c1-5-7(8(9,10)11)13-6-4-12-2-3-14(5)6/h12H,2-4H2,1H3. The Morgan fingerprint density at radius 2 is 2.14 bits per heavy atom. The number of nitrogens with zero attached hydrogens (tertiary/aromatic N) is 2. The van der Waals surface area contributed by atoms with Crippen molar-refractivity contribution in [2.75, 3.05) is 6.54 Å². The van der Waals surface area contributed by atoms with Crippen molar-refractivity contribution in [3.63, 3.8) is 0 Å². The fourth-order valence-corrected chi connectivity index (χ4v) is 1.68. The fourth-order valence-electron chi connectivity index (χ4n) is 1.68. The average Bonchev–Trinajstić information content (AvgIpc) is 2.44. The highest BCUT2D eigenvalue weighted by atomic mass is 19.4. The van der Waals surface area contributed by atoms with Crippen LogP contribution in [-0.2, 0) is 19.3 Å². The van der Waals surface area contributed by atoms with Crippen molar-refractivity contribution in [3.05, 3.63) is 17.2 Å². The van der Waals surface area contributed by atoms with Gasteiger partial charge < -0.3 is 9.88 Å². The van der Waals surface area contributed by atoms with Crippen LogP contribution in [0, 0.1) is 6.92 Å². The maximum Gasteiger partial charge on any atom is 0.435 e. The lowest BCUT2D eigenvalue weighted by Crippen LogP contribution is -2.28. The predicted molar refractivity (Wildman–Crippen MR) is 43.7 cm³/mol. The van der Waals surface area contributed by atoms with Gasteiger partial charge in [0.05, 0.1) is 6.54 Å². The molecule has 0 bridgehead atoms. The Morgan fingerprint density at radius 1 is 1.43 bits per heavy atom. The second-order valence-electron chi connectivity index (χ2n) is 3.29. The van der Waals surface area contributed by atoms with Crippen LogP contribution in [0.5, 0.6) is 0 Å². The molecule has 2 rings (SSSR count). The first-order valence-corrected chi connectivity index (χ1v) is 4.34. The number of fused-ring (bicyclic) bond motifs is 1.